The van der Waals surface area contributed by atoms with Crippen molar-refractivity contribution in [2.75, 3.05) is 5.32 Å². The number of carboxylic acid groups (broad SMARTS) is 1. The molecular weight excluding hydrogens is 438 g/mol. The summed E-state index contributed by atoms with van der Waals surface area (Å²) in [7, 11) is 0. The normalized spacial score (nSPS) is 12.0. The zero-order valence-corrected chi connectivity index (χ0v) is 19.9. The average molecular weight is 468 g/mol. The Kier molecular flexibility index (Phi) is 7.16. The fourth-order valence-corrected chi connectivity index (χ4v) is 4.54. The topological polar surface area (TPSA) is 86.6 Å². The highest BCUT2D eigenvalue weighted by atomic mass is 16.4. The van der Waals surface area contributed by atoms with Gasteiger partial charge in [0.15, 0.2) is 0 Å². The number of nitrogens with one attached hydrogen (secondary N) is 1. The second-order valence-electron chi connectivity index (χ2n) is 9.22. The molecule has 0 saturated carbocycles. The summed E-state index contributed by atoms with van der Waals surface area (Å²) in [4.78, 5) is 25.4. The third-order valence-electron chi connectivity index (χ3n) is 6.20. The lowest BCUT2D eigenvalue weighted by Gasteiger charge is -2.22. The number of anilines is 1. The van der Waals surface area contributed by atoms with Crippen LogP contribution in [0.3, 0.4) is 0 Å². The Morgan fingerprint density at radius 1 is 0.857 bits per heavy atom. The van der Waals surface area contributed by atoms with Crippen molar-refractivity contribution in [3.05, 3.63) is 107 Å². The third-order valence-corrected chi connectivity index (χ3v) is 6.20. The van der Waals surface area contributed by atoms with E-state index in [-0.39, 0.29) is 29.1 Å². The van der Waals surface area contributed by atoms with E-state index in [2.05, 4.69) is 19.2 Å². The van der Waals surface area contributed by atoms with Crippen molar-refractivity contribution in [3.63, 3.8) is 0 Å². The van der Waals surface area contributed by atoms with E-state index in [1.54, 1.807) is 36.4 Å². The van der Waals surface area contributed by atoms with E-state index in [1.165, 1.54) is 6.07 Å². The van der Waals surface area contributed by atoms with Crippen LogP contribution < -0.4 is 5.32 Å². The van der Waals surface area contributed by atoms with Gasteiger partial charge in [-0.15, -0.1) is 0 Å². The van der Waals surface area contributed by atoms with E-state index >= 15 is 0 Å². The Morgan fingerprint density at radius 3 is 2.34 bits per heavy atom. The quantitative estimate of drug-likeness (QED) is 0.272. The van der Waals surface area contributed by atoms with Crippen LogP contribution in [0, 0.1) is 5.92 Å². The van der Waals surface area contributed by atoms with Gasteiger partial charge < -0.3 is 15.5 Å². The van der Waals surface area contributed by atoms with Gasteiger partial charge in [-0.25, -0.2) is 4.79 Å². The number of rotatable bonds is 8. The van der Waals surface area contributed by atoms with Crippen LogP contribution in [0.1, 0.15) is 53.2 Å². The predicted molar refractivity (Wildman–Crippen MR) is 139 cm³/mol. The number of benzene rings is 4. The Bertz CT molecular complexity index is 1370. The number of phenolic OH excluding ortho intramolecular Hbond substituents is 1. The van der Waals surface area contributed by atoms with Gasteiger partial charge in [-0.2, -0.15) is 0 Å². The molecule has 4 aromatic rings. The molecule has 0 aromatic heterocycles. The second kappa shape index (κ2) is 10.4. The number of fused-ring (bicyclic) bond motifs is 1. The maximum atomic E-state index is 13.7. The Morgan fingerprint density at radius 2 is 1.57 bits per heavy atom. The van der Waals surface area contributed by atoms with Crippen LogP contribution in [-0.4, -0.2) is 22.1 Å². The van der Waals surface area contributed by atoms with Gasteiger partial charge in [-0.1, -0.05) is 80.6 Å². The summed E-state index contributed by atoms with van der Waals surface area (Å²) in [6.07, 6.45) is 0.970. The van der Waals surface area contributed by atoms with Gasteiger partial charge in [0.25, 0.3) is 0 Å². The molecule has 35 heavy (non-hydrogen) atoms. The van der Waals surface area contributed by atoms with E-state index in [4.69, 9.17) is 0 Å². The smallest absolute Gasteiger partial charge is 0.335 e. The van der Waals surface area contributed by atoms with E-state index < -0.39 is 5.97 Å². The maximum absolute atomic E-state index is 13.7. The minimum absolute atomic E-state index is 0.0288. The average Bonchev–Trinajstić information content (AvgIpc) is 2.84. The first-order chi connectivity index (χ1) is 16.8. The lowest BCUT2D eigenvalue weighted by molar-refractivity contribution is -0.117. The SMILES string of the molecule is CC(C)CC(C(=O)Nc1cc(O)ccc1Cc1ccccc1C(=O)O)c1cccc2ccccc12. The van der Waals surface area contributed by atoms with Crippen LogP contribution in [0.15, 0.2) is 84.9 Å². The van der Waals surface area contributed by atoms with Crippen LogP contribution in [0.4, 0.5) is 5.69 Å². The van der Waals surface area contributed by atoms with Gasteiger partial charge in [-0.05, 0) is 51.9 Å². The molecule has 5 heteroatoms. The van der Waals surface area contributed by atoms with E-state index in [0.717, 1.165) is 21.9 Å². The highest BCUT2D eigenvalue weighted by molar-refractivity contribution is 6.00. The summed E-state index contributed by atoms with van der Waals surface area (Å²) in [5.41, 5.74) is 3.02. The number of carboxylic acids is 1. The largest absolute Gasteiger partial charge is 0.508 e. The molecule has 0 fully saturated rings. The summed E-state index contributed by atoms with van der Waals surface area (Å²) in [6, 6.07) is 25.6. The van der Waals surface area contributed by atoms with Gasteiger partial charge >= 0.3 is 5.97 Å². The summed E-state index contributed by atoms with van der Waals surface area (Å²) < 4.78 is 0. The molecular formula is C30H29NO4. The molecule has 1 unspecified atom stereocenters. The Labute approximate surface area is 205 Å². The number of aromatic hydroxyl groups is 1. The fraction of sp³-hybridized carbons (Fsp3) is 0.200. The van der Waals surface area contributed by atoms with E-state index in [1.807, 2.05) is 42.5 Å². The molecule has 0 spiro atoms. The van der Waals surface area contributed by atoms with Crippen LogP contribution in [0.2, 0.25) is 0 Å². The molecule has 0 bridgehead atoms. The van der Waals surface area contributed by atoms with Crippen molar-refractivity contribution in [2.45, 2.75) is 32.6 Å². The summed E-state index contributed by atoms with van der Waals surface area (Å²) in [6.45, 7) is 4.18. The van der Waals surface area contributed by atoms with Crippen molar-refractivity contribution in [1.29, 1.82) is 0 Å². The third kappa shape index (κ3) is 5.52. The van der Waals surface area contributed by atoms with Crippen LogP contribution >= 0.6 is 0 Å². The van der Waals surface area contributed by atoms with Crippen molar-refractivity contribution in [3.8, 4) is 5.75 Å². The molecule has 0 saturated heterocycles. The first-order valence-corrected chi connectivity index (χ1v) is 11.7. The van der Waals surface area contributed by atoms with Crippen LogP contribution in [0.25, 0.3) is 10.8 Å². The Balaban J connectivity index is 1.70. The summed E-state index contributed by atoms with van der Waals surface area (Å²) in [5.74, 6) is -1.23. The first kappa shape index (κ1) is 24.0. The lowest BCUT2D eigenvalue weighted by atomic mass is 9.86. The standard InChI is InChI=1S/C30H29NO4/c1-19(2)16-27(26-13-7-10-20-8-3-5-11-24(20)26)29(33)31-28-18-23(32)15-14-22(28)17-21-9-4-6-12-25(21)30(34)35/h3-15,18-19,27,32H,16-17H2,1-2H3,(H,31,33)(H,34,35). The summed E-state index contributed by atoms with van der Waals surface area (Å²) >= 11 is 0. The van der Waals surface area contributed by atoms with E-state index in [0.29, 0.717) is 24.1 Å². The highest BCUT2D eigenvalue weighted by Gasteiger charge is 2.25. The molecule has 1 amide bonds. The second-order valence-corrected chi connectivity index (χ2v) is 9.22. The van der Waals surface area contributed by atoms with Gasteiger partial charge in [-0.3, -0.25) is 4.79 Å². The van der Waals surface area contributed by atoms with E-state index in [9.17, 15) is 19.8 Å². The molecule has 1 atom stereocenters. The predicted octanol–water partition coefficient (Wildman–Crippen LogP) is 6.60. The number of hydrogen-bond acceptors (Lipinski definition) is 3. The lowest BCUT2D eigenvalue weighted by Crippen LogP contribution is -2.23. The molecule has 3 N–H and O–H groups in total. The number of carbonyl (C=O) groups is 2. The molecule has 0 aliphatic carbocycles. The maximum Gasteiger partial charge on any atom is 0.335 e. The number of amides is 1. The monoisotopic (exact) mass is 467 g/mol. The van der Waals surface area contributed by atoms with Gasteiger partial charge in [0.05, 0.1) is 11.5 Å². The van der Waals surface area contributed by atoms with Crippen LogP contribution in [0.5, 0.6) is 5.75 Å². The minimum Gasteiger partial charge on any atom is -0.508 e. The van der Waals surface area contributed by atoms with Gasteiger partial charge in [0, 0.05) is 18.2 Å². The number of phenols is 1. The minimum atomic E-state index is -1.00. The summed E-state index contributed by atoms with van der Waals surface area (Å²) in [5, 5.41) is 24.9. The zero-order chi connectivity index (χ0) is 24.9. The molecule has 4 aromatic carbocycles. The van der Waals surface area contributed by atoms with Crippen molar-refractivity contribution >= 4 is 28.3 Å². The fourth-order valence-electron chi connectivity index (χ4n) is 4.54. The molecule has 0 radical (unpaired) electrons. The molecule has 0 aliphatic rings. The Hall–Kier alpha value is -4.12. The molecule has 4 rings (SSSR count). The number of carbonyl (C=O) groups excluding carboxylic acids is 1. The van der Waals surface area contributed by atoms with Crippen LogP contribution in [-0.2, 0) is 11.2 Å². The molecule has 178 valence electrons. The molecule has 0 aliphatic heterocycles. The van der Waals surface area contributed by atoms with Crippen molar-refractivity contribution < 1.29 is 19.8 Å². The van der Waals surface area contributed by atoms with Gasteiger partial charge in [0.2, 0.25) is 5.91 Å². The van der Waals surface area contributed by atoms with Crippen molar-refractivity contribution in [2.24, 2.45) is 5.92 Å². The molecule has 0 heterocycles. The highest BCUT2D eigenvalue weighted by Crippen LogP contribution is 2.33. The van der Waals surface area contributed by atoms with Crippen molar-refractivity contribution in [1.82, 2.24) is 0 Å². The molecule has 5 nitrogen and oxygen atoms in total. The first-order valence-electron chi connectivity index (χ1n) is 11.7. The number of aromatic carboxylic acids is 1. The zero-order valence-electron chi connectivity index (χ0n) is 19.9. The van der Waals surface area contributed by atoms with Gasteiger partial charge in [0.1, 0.15) is 5.75 Å². The number of hydrogen-bond donors (Lipinski definition) is 3.